The number of carbonyl (C=O) groups is 2. The number of anilines is 2. The van der Waals surface area contributed by atoms with E-state index in [1.54, 1.807) is 60.7 Å². The molecule has 8 nitrogen and oxygen atoms in total. The monoisotopic (exact) mass is 540 g/mol. The Labute approximate surface area is 226 Å². The highest BCUT2D eigenvalue weighted by molar-refractivity contribution is 7.87. The Balaban J connectivity index is 1.46. The number of para-hydroxylation sites is 3. The number of amides is 2. The molecule has 0 radical (unpaired) electrons. The van der Waals surface area contributed by atoms with Crippen molar-refractivity contribution in [3.63, 3.8) is 0 Å². The second-order valence-electron chi connectivity index (χ2n) is 9.34. The quantitative estimate of drug-likeness (QED) is 0.256. The summed E-state index contributed by atoms with van der Waals surface area (Å²) in [5.41, 5.74) is 2.28. The smallest absolute Gasteiger partial charge is 0.339 e. The minimum atomic E-state index is -4.17. The van der Waals surface area contributed by atoms with Crippen LogP contribution in [0.15, 0.2) is 114 Å². The molecular formula is C30H24N2O6S. The van der Waals surface area contributed by atoms with Crippen LogP contribution >= 0.6 is 0 Å². The first-order valence-electron chi connectivity index (χ1n) is 12.4. The van der Waals surface area contributed by atoms with E-state index in [-0.39, 0.29) is 10.6 Å². The average molecular weight is 541 g/mol. The number of fused-ring (bicyclic) bond motifs is 1. The van der Waals surface area contributed by atoms with Crippen molar-refractivity contribution in [3.05, 3.63) is 120 Å². The van der Waals surface area contributed by atoms with Gasteiger partial charge in [0.25, 0.3) is 5.91 Å². The zero-order valence-electron chi connectivity index (χ0n) is 20.9. The third kappa shape index (κ3) is 4.25. The van der Waals surface area contributed by atoms with Crippen molar-refractivity contribution in [2.45, 2.75) is 24.0 Å². The zero-order valence-corrected chi connectivity index (χ0v) is 21.7. The summed E-state index contributed by atoms with van der Waals surface area (Å²) in [6.07, 6.45) is -1.10. The molecule has 3 atom stereocenters. The van der Waals surface area contributed by atoms with E-state index in [0.717, 1.165) is 5.56 Å². The van der Waals surface area contributed by atoms with E-state index in [4.69, 9.17) is 9.02 Å². The molecule has 2 aliphatic rings. The minimum absolute atomic E-state index is 0.00174. The van der Waals surface area contributed by atoms with Gasteiger partial charge in [-0.1, -0.05) is 72.8 Å². The first-order valence-corrected chi connectivity index (χ1v) is 13.8. The molecule has 196 valence electrons. The Hall–Kier alpha value is -4.47. The second-order valence-corrected chi connectivity index (χ2v) is 10.9. The number of hydrogen-bond donors (Lipinski definition) is 0. The standard InChI is InChI=1S/C30H24N2O6S/c1-20-12-8-10-18-24(20)31-29(33)26-27(32(37-28(26)30(31)34)21-13-4-2-5-14-21)23-17-9-11-19-25(23)38-39(35,36)22-15-6-3-7-16-22/h2-19,26-28H,1H3/t26-,27+,28+/m0/s1. The van der Waals surface area contributed by atoms with E-state index in [2.05, 4.69) is 0 Å². The summed E-state index contributed by atoms with van der Waals surface area (Å²) in [7, 11) is -4.17. The number of imide groups is 1. The minimum Gasteiger partial charge on any atom is -0.379 e. The van der Waals surface area contributed by atoms with Crippen molar-refractivity contribution < 1.29 is 27.0 Å². The Morgan fingerprint density at radius 2 is 1.36 bits per heavy atom. The lowest BCUT2D eigenvalue weighted by molar-refractivity contribution is -0.126. The van der Waals surface area contributed by atoms with Crippen molar-refractivity contribution in [1.82, 2.24) is 0 Å². The van der Waals surface area contributed by atoms with E-state index < -0.39 is 40.0 Å². The fourth-order valence-electron chi connectivity index (χ4n) is 5.14. The molecular weight excluding hydrogens is 516 g/mol. The predicted octanol–water partition coefficient (Wildman–Crippen LogP) is 4.81. The molecule has 4 aromatic rings. The maximum Gasteiger partial charge on any atom is 0.339 e. The highest BCUT2D eigenvalue weighted by atomic mass is 32.2. The first-order chi connectivity index (χ1) is 18.9. The molecule has 2 amide bonds. The van der Waals surface area contributed by atoms with E-state index in [0.29, 0.717) is 16.9 Å². The molecule has 2 heterocycles. The zero-order chi connectivity index (χ0) is 27.1. The lowest BCUT2D eigenvalue weighted by atomic mass is 9.90. The van der Waals surface area contributed by atoms with Crippen LogP contribution in [-0.2, 0) is 24.5 Å². The third-order valence-corrected chi connectivity index (χ3v) is 8.20. The molecule has 0 saturated carbocycles. The molecule has 6 rings (SSSR count). The predicted molar refractivity (Wildman–Crippen MR) is 144 cm³/mol. The molecule has 0 bridgehead atoms. The molecule has 0 N–H and O–H groups in total. The fraction of sp³-hybridized carbons (Fsp3) is 0.133. The van der Waals surface area contributed by atoms with Crippen molar-refractivity contribution >= 4 is 33.3 Å². The van der Waals surface area contributed by atoms with Gasteiger partial charge in [0.1, 0.15) is 16.6 Å². The van der Waals surface area contributed by atoms with Gasteiger partial charge < -0.3 is 4.18 Å². The molecule has 4 aromatic carbocycles. The Morgan fingerprint density at radius 1 is 0.744 bits per heavy atom. The molecule has 0 unspecified atom stereocenters. The highest BCUT2D eigenvalue weighted by Gasteiger charge is 2.61. The summed E-state index contributed by atoms with van der Waals surface area (Å²) in [5, 5.41) is 1.51. The van der Waals surface area contributed by atoms with E-state index in [1.165, 1.54) is 28.2 Å². The lowest BCUT2D eigenvalue weighted by Gasteiger charge is -2.29. The molecule has 0 spiro atoms. The Bertz CT molecular complexity index is 1660. The number of aryl methyl sites for hydroxylation is 1. The summed E-state index contributed by atoms with van der Waals surface area (Å²) >= 11 is 0. The van der Waals surface area contributed by atoms with Crippen molar-refractivity contribution in [2.75, 3.05) is 9.96 Å². The maximum atomic E-state index is 14.0. The maximum absolute atomic E-state index is 14.0. The summed E-state index contributed by atoms with van der Waals surface area (Å²) in [6.45, 7) is 1.83. The average Bonchev–Trinajstić information content (AvgIpc) is 3.46. The molecule has 39 heavy (non-hydrogen) atoms. The third-order valence-electron chi connectivity index (χ3n) is 6.95. The van der Waals surface area contributed by atoms with Crippen molar-refractivity contribution in [2.24, 2.45) is 5.92 Å². The molecule has 2 aliphatic heterocycles. The number of benzene rings is 4. The van der Waals surface area contributed by atoms with E-state index in [9.17, 15) is 18.0 Å². The lowest BCUT2D eigenvalue weighted by Crippen LogP contribution is -2.37. The van der Waals surface area contributed by atoms with E-state index >= 15 is 0 Å². The van der Waals surface area contributed by atoms with Crippen LogP contribution < -0.4 is 14.1 Å². The van der Waals surface area contributed by atoms with Gasteiger partial charge in [-0.25, -0.2) is 9.96 Å². The Kier molecular flexibility index (Phi) is 6.17. The van der Waals surface area contributed by atoms with Crippen molar-refractivity contribution in [3.8, 4) is 5.75 Å². The van der Waals surface area contributed by atoms with Crippen molar-refractivity contribution in [1.29, 1.82) is 0 Å². The van der Waals surface area contributed by atoms with Crippen LogP contribution in [0.1, 0.15) is 17.2 Å². The van der Waals surface area contributed by atoms with Crippen LogP contribution in [0.25, 0.3) is 0 Å². The van der Waals surface area contributed by atoms with Crippen LogP contribution in [0.4, 0.5) is 11.4 Å². The van der Waals surface area contributed by atoms with Crippen LogP contribution in [0.3, 0.4) is 0 Å². The largest absolute Gasteiger partial charge is 0.379 e. The summed E-state index contributed by atoms with van der Waals surface area (Å²) in [4.78, 5) is 35.0. The van der Waals surface area contributed by atoms with Gasteiger partial charge in [0.05, 0.1) is 17.4 Å². The SMILES string of the molecule is Cc1ccccc1N1C(=O)[C@H]2[C@@H](c3ccccc3OS(=O)(=O)c3ccccc3)N(c3ccccc3)O[C@H]2C1=O. The molecule has 9 heteroatoms. The van der Waals surface area contributed by atoms with Gasteiger partial charge in [0.2, 0.25) is 5.91 Å². The number of hydroxylamine groups is 1. The van der Waals surface area contributed by atoms with Gasteiger partial charge in [-0.05, 0) is 48.9 Å². The Morgan fingerprint density at radius 3 is 2.08 bits per heavy atom. The van der Waals surface area contributed by atoms with Gasteiger partial charge in [-0.15, -0.1) is 0 Å². The first kappa shape index (κ1) is 24.8. The summed E-state index contributed by atoms with van der Waals surface area (Å²) in [5.74, 6) is -1.80. The van der Waals surface area contributed by atoms with Crippen LogP contribution in [0.5, 0.6) is 5.75 Å². The second kappa shape index (κ2) is 9.68. The van der Waals surface area contributed by atoms with Gasteiger partial charge in [0, 0.05) is 5.56 Å². The fourth-order valence-corrected chi connectivity index (χ4v) is 6.11. The van der Waals surface area contributed by atoms with Gasteiger partial charge in [0.15, 0.2) is 6.10 Å². The highest BCUT2D eigenvalue weighted by Crippen LogP contribution is 2.50. The van der Waals surface area contributed by atoms with Crippen LogP contribution in [0.2, 0.25) is 0 Å². The molecule has 2 saturated heterocycles. The number of hydrogen-bond acceptors (Lipinski definition) is 7. The normalized spacial score (nSPS) is 20.8. The van der Waals surface area contributed by atoms with Gasteiger partial charge in [-0.3, -0.25) is 14.4 Å². The van der Waals surface area contributed by atoms with Crippen LogP contribution in [-0.4, -0.2) is 26.3 Å². The molecule has 2 fully saturated rings. The molecule has 0 aliphatic carbocycles. The number of nitrogens with zero attached hydrogens (tertiary/aromatic N) is 2. The topological polar surface area (TPSA) is 93.2 Å². The van der Waals surface area contributed by atoms with Gasteiger partial charge in [-0.2, -0.15) is 8.42 Å². The summed E-state index contributed by atoms with van der Waals surface area (Å²) < 4.78 is 31.9. The van der Waals surface area contributed by atoms with E-state index in [1.807, 2.05) is 37.3 Å². The number of rotatable bonds is 6. The molecule has 0 aromatic heterocycles. The van der Waals surface area contributed by atoms with Crippen LogP contribution in [0, 0.1) is 12.8 Å². The van der Waals surface area contributed by atoms with Gasteiger partial charge >= 0.3 is 10.1 Å². The summed E-state index contributed by atoms with van der Waals surface area (Å²) in [6, 6.07) is 29.8. The number of carbonyl (C=O) groups excluding carboxylic acids is 2.